The molecule has 1 spiro atoms. The largest absolute Gasteiger partial charge is 0.398 e. The molecule has 1 aliphatic carbocycles. The van der Waals surface area contributed by atoms with Gasteiger partial charge in [0.15, 0.2) is 5.65 Å². The first kappa shape index (κ1) is 21.5. The van der Waals surface area contributed by atoms with Gasteiger partial charge in [0, 0.05) is 36.3 Å². The Labute approximate surface area is 206 Å². The van der Waals surface area contributed by atoms with E-state index in [0.717, 1.165) is 48.0 Å². The van der Waals surface area contributed by atoms with Crippen molar-refractivity contribution in [1.82, 2.24) is 19.6 Å². The minimum absolute atomic E-state index is 0.0821. The van der Waals surface area contributed by atoms with Gasteiger partial charge in [-0.05, 0) is 41.9 Å². The Morgan fingerprint density at radius 2 is 1.88 bits per heavy atom. The summed E-state index contributed by atoms with van der Waals surface area (Å²) in [7, 11) is 0. The van der Waals surface area contributed by atoms with Crippen molar-refractivity contribution in [2.75, 3.05) is 29.5 Å². The van der Waals surface area contributed by atoms with E-state index < -0.39 is 0 Å². The Balaban J connectivity index is 1.29. The highest BCUT2D eigenvalue weighted by Crippen LogP contribution is 2.51. The van der Waals surface area contributed by atoms with Crippen LogP contribution in [0.15, 0.2) is 58.7 Å². The van der Waals surface area contributed by atoms with Crippen LogP contribution in [0.2, 0.25) is 5.02 Å². The zero-order valence-electron chi connectivity index (χ0n) is 18.5. The molecular formula is C24H25ClN8S. The first-order valence-electron chi connectivity index (χ1n) is 11.3. The lowest BCUT2D eigenvalue weighted by Gasteiger charge is -2.43. The Hall–Kier alpha value is -3.01. The predicted molar refractivity (Wildman–Crippen MR) is 136 cm³/mol. The number of hydrogen-bond acceptors (Lipinski definition) is 8. The van der Waals surface area contributed by atoms with Crippen LogP contribution in [-0.2, 0) is 6.42 Å². The minimum Gasteiger partial charge on any atom is -0.398 e. The van der Waals surface area contributed by atoms with Crippen LogP contribution in [0.1, 0.15) is 30.0 Å². The van der Waals surface area contributed by atoms with Crippen LogP contribution in [0.4, 0.5) is 17.3 Å². The van der Waals surface area contributed by atoms with Crippen molar-refractivity contribution in [1.29, 1.82) is 0 Å². The summed E-state index contributed by atoms with van der Waals surface area (Å²) < 4.78 is 1.86. The highest BCUT2D eigenvalue weighted by Gasteiger charge is 2.46. The quantitative estimate of drug-likeness (QED) is 0.393. The van der Waals surface area contributed by atoms with E-state index in [1.807, 2.05) is 16.6 Å². The number of hydrogen-bond donors (Lipinski definition) is 3. The fourth-order valence-electron chi connectivity index (χ4n) is 5.41. The van der Waals surface area contributed by atoms with Crippen molar-refractivity contribution in [2.24, 2.45) is 11.1 Å². The molecule has 0 saturated carbocycles. The molecular weight excluding hydrogens is 468 g/mol. The summed E-state index contributed by atoms with van der Waals surface area (Å²) in [5.41, 5.74) is 23.3. The third-order valence-corrected chi connectivity index (χ3v) is 8.97. The number of aromatic nitrogens is 4. The van der Waals surface area contributed by atoms with Gasteiger partial charge in [0.05, 0.1) is 15.6 Å². The van der Waals surface area contributed by atoms with E-state index in [1.54, 1.807) is 12.5 Å². The zero-order chi connectivity index (χ0) is 23.4. The number of anilines is 3. The molecule has 4 heterocycles. The van der Waals surface area contributed by atoms with Gasteiger partial charge < -0.3 is 22.1 Å². The normalized spacial score (nSPS) is 19.1. The average Bonchev–Trinajstić information content (AvgIpc) is 3.43. The number of nitrogens with two attached hydrogens (primary N) is 3. The molecule has 6 N–H and O–H groups in total. The molecule has 0 radical (unpaired) electrons. The molecule has 8 nitrogen and oxygen atoms in total. The summed E-state index contributed by atoms with van der Waals surface area (Å²) in [6.45, 7) is 1.77. The van der Waals surface area contributed by atoms with Crippen molar-refractivity contribution in [3.8, 4) is 0 Å². The second-order valence-corrected chi connectivity index (χ2v) is 10.5. The Morgan fingerprint density at radius 3 is 2.68 bits per heavy atom. The Bertz CT molecular complexity index is 1400. The lowest BCUT2D eigenvalue weighted by molar-refractivity contribution is 0.187. The van der Waals surface area contributed by atoms with Crippen LogP contribution >= 0.6 is 23.4 Å². The molecule has 4 aromatic rings. The number of benzene rings is 1. The van der Waals surface area contributed by atoms with Gasteiger partial charge in [-0.25, -0.2) is 9.97 Å². The maximum atomic E-state index is 6.76. The molecule has 3 aromatic heterocycles. The second-order valence-electron chi connectivity index (χ2n) is 9.10. The van der Waals surface area contributed by atoms with Gasteiger partial charge in [0.1, 0.15) is 18.0 Å². The predicted octanol–water partition coefficient (Wildman–Crippen LogP) is 3.94. The zero-order valence-corrected chi connectivity index (χ0v) is 20.1. The first-order chi connectivity index (χ1) is 16.5. The maximum absolute atomic E-state index is 6.76. The van der Waals surface area contributed by atoms with Gasteiger partial charge in [0.2, 0.25) is 0 Å². The lowest BCUT2D eigenvalue weighted by atomic mass is 9.73. The molecule has 1 saturated heterocycles. The standard InChI is InChI=1S/C24H25ClN8S/c25-19-17(5-8-29-22(19)28)34-20-16(26)11-18(33-23(20)30-13-31-33)32-9-6-24(7-10-32)12-14-3-1-2-4-15(14)21(24)27/h1-5,8,11,13,21H,6-7,9-10,12,26-27H2,(H2,28,29). The van der Waals surface area contributed by atoms with Crippen molar-refractivity contribution in [2.45, 2.75) is 35.1 Å². The van der Waals surface area contributed by atoms with Crippen molar-refractivity contribution >= 4 is 46.3 Å². The van der Waals surface area contributed by atoms with Crippen molar-refractivity contribution in [3.05, 3.63) is 65.1 Å². The molecule has 174 valence electrons. The first-order valence-corrected chi connectivity index (χ1v) is 12.4. The van der Waals surface area contributed by atoms with E-state index in [0.29, 0.717) is 16.4 Å². The number of piperidine rings is 1. The maximum Gasteiger partial charge on any atom is 0.173 e. The van der Waals surface area contributed by atoms with Gasteiger partial charge in [0.25, 0.3) is 0 Å². The second kappa shape index (κ2) is 8.04. The van der Waals surface area contributed by atoms with Gasteiger partial charge >= 0.3 is 0 Å². The summed E-state index contributed by atoms with van der Waals surface area (Å²) in [6, 6.07) is 12.5. The number of pyridine rings is 2. The third-order valence-electron chi connectivity index (χ3n) is 7.28. The van der Waals surface area contributed by atoms with E-state index in [4.69, 9.17) is 28.8 Å². The number of rotatable bonds is 3. The number of halogens is 1. The number of nitrogen functional groups attached to an aromatic ring is 2. The van der Waals surface area contributed by atoms with Crippen LogP contribution in [0.3, 0.4) is 0 Å². The van der Waals surface area contributed by atoms with Crippen LogP contribution in [-0.4, -0.2) is 32.7 Å². The van der Waals surface area contributed by atoms with Gasteiger partial charge in [-0.3, -0.25) is 0 Å². The number of nitrogens with zero attached hydrogens (tertiary/aromatic N) is 5. The summed E-state index contributed by atoms with van der Waals surface area (Å²) >= 11 is 7.79. The highest BCUT2D eigenvalue weighted by molar-refractivity contribution is 7.99. The molecule has 0 amide bonds. The van der Waals surface area contributed by atoms with E-state index in [-0.39, 0.29) is 17.3 Å². The highest BCUT2D eigenvalue weighted by atomic mass is 35.5. The third kappa shape index (κ3) is 3.30. The summed E-state index contributed by atoms with van der Waals surface area (Å²) in [5.74, 6) is 1.22. The smallest absolute Gasteiger partial charge is 0.173 e. The molecule has 0 bridgehead atoms. The van der Waals surface area contributed by atoms with Crippen LogP contribution in [0.5, 0.6) is 0 Å². The van der Waals surface area contributed by atoms with E-state index in [9.17, 15) is 0 Å². The molecule has 1 atom stereocenters. The monoisotopic (exact) mass is 492 g/mol. The van der Waals surface area contributed by atoms with Crippen LogP contribution in [0, 0.1) is 5.41 Å². The summed E-state index contributed by atoms with van der Waals surface area (Å²) in [4.78, 5) is 12.4. The van der Waals surface area contributed by atoms with E-state index in [2.05, 4.69) is 44.2 Å². The van der Waals surface area contributed by atoms with Gasteiger partial charge in [-0.2, -0.15) is 9.61 Å². The number of fused-ring (bicyclic) bond motifs is 2. The molecule has 1 aliphatic heterocycles. The van der Waals surface area contributed by atoms with Crippen LogP contribution < -0.4 is 22.1 Å². The molecule has 1 fully saturated rings. The van der Waals surface area contributed by atoms with Gasteiger partial charge in [-0.15, -0.1) is 0 Å². The van der Waals surface area contributed by atoms with Gasteiger partial charge in [-0.1, -0.05) is 47.6 Å². The molecule has 1 aromatic carbocycles. The molecule has 10 heteroatoms. The van der Waals surface area contributed by atoms with Crippen molar-refractivity contribution < 1.29 is 0 Å². The minimum atomic E-state index is 0.0821. The van der Waals surface area contributed by atoms with E-state index in [1.165, 1.54) is 22.9 Å². The SMILES string of the molecule is Nc1cc(N2CCC3(CC2)Cc2ccccc2C3N)n2ncnc2c1Sc1ccnc(N)c1Cl. The van der Waals surface area contributed by atoms with Crippen LogP contribution in [0.25, 0.3) is 5.65 Å². The Morgan fingerprint density at radius 1 is 1.09 bits per heavy atom. The average molecular weight is 493 g/mol. The fraction of sp³-hybridized carbons (Fsp3) is 0.292. The molecule has 34 heavy (non-hydrogen) atoms. The molecule has 1 unspecified atom stereocenters. The Kier molecular flexibility index (Phi) is 5.09. The fourth-order valence-corrected chi connectivity index (χ4v) is 6.58. The lowest BCUT2D eigenvalue weighted by Crippen LogP contribution is -2.45. The summed E-state index contributed by atoms with van der Waals surface area (Å²) in [6.07, 6.45) is 6.26. The molecule has 6 rings (SSSR count). The summed E-state index contributed by atoms with van der Waals surface area (Å²) in [5, 5.41) is 4.92. The van der Waals surface area contributed by atoms with Crippen molar-refractivity contribution in [3.63, 3.8) is 0 Å². The topological polar surface area (TPSA) is 124 Å². The molecule has 2 aliphatic rings. The van der Waals surface area contributed by atoms with E-state index >= 15 is 0 Å².